The molecule has 0 spiro atoms. The monoisotopic (exact) mass is 310 g/mol. The van der Waals surface area contributed by atoms with Crippen molar-refractivity contribution >= 4 is 28.4 Å². The molecule has 0 bridgehead atoms. The fourth-order valence-electron chi connectivity index (χ4n) is 2.67. The Morgan fingerprint density at radius 2 is 1.91 bits per heavy atom. The number of pyridine rings is 1. The predicted molar refractivity (Wildman–Crippen MR) is 85.3 cm³/mol. The van der Waals surface area contributed by atoms with Crippen molar-refractivity contribution in [3.8, 4) is 0 Å². The Hall–Kier alpha value is -2.66. The Morgan fingerprint density at radius 3 is 2.68 bits per heavy atom. The molecule has 0 unspecified atom stereocenters. The number of halogens is 1. The minimum Gasteiger partial charge on any atom is -0.305 e. The van der Waals surface area contributed by atoms with Crippen LogP contribution in [0.3, 0.4) is 0 Å². The second-order valence-electron chi connectivity index (χ2n) is 4.99. The molecule has 3 heterocycles. The Morgan fingerprint density at radius 1 is 1.09 bits per heavy atom. The number of benzene rings is 1. The lowest BCUT2D eigenvalue weighted by molar-refractivity contribution is 0.828. The molecule has 0 aliphatic heterocycles. The molecule has 1 aromatic carbocycles. The van der Waals surface area contributed by atoms with Gasteiger partial charge in [0.05, 0.1) is 17.6 Å². The number of fused-ring (bicyclic) bond motifs is 3. The molecule has 3 aromatic heterocycles. The minimum absolute atomic E-state index is 0.184. The molecule has 5 nitrogen and oxygen atoms in total. The van der Waals surface area contributed by atoms with Crippen LogP contribution in [0.4, 0.5) is 0 Å². The number of rotatable bonds is 2. The maximum Gasteiger partial charge on any atom is 0.261 e. The maximum absolute atomic E-state index is 12.3. The Bertz CT molecular complexity index is 1040. The number of hydrogen-bond donors (Lipinski definition) is 0. The van der Waals surface area contributed by atoms with Gasteiger partial charge < -0.3 is 4.57 Å². The molecule has 0 aliphatic rings. The van der Waals surface area contributed by atoms with Crippen LogP contribution < -0.4 is 5.56 Å². The average molecular weight is 311 g/mol. The highest BCUT2D eigenvalue weighted by molar-refractivity contribution is 6.29. The van der Waals surface area contributed by atoms with E-state index in [0.717, 1.165) is 16.6 Å². The largest absolute Gasteiger partial charge is 0.305 e. The van der Waals surface area contributed by atoms with E-state index in [4.69, 9.17) is 11.6 Å². The highest BCUT2D eigenvalue weighted by atomic mass is 35.5. The fourth-order valence-corrected chi connectivity index (χ4v) is 2.84. The van der Waals surface area contributed by atoms with Gasteiger partial charge in [0.1, 0.15) is 5.15 Å². The second-order valence-corrected chi connectivity index (χ2v) is 5.38. The van der Waals surface area contributed by atoms with Gasteiger partial charge in [-0.25, -0.2) is 9.38 Å². The number of imidazole rings is 1. The summed E-state index contributed by atoms with van der Waals surface area (Å²) in [4.78, 5) is 20.8. The van der Waals surface area contributed by atoms with Crippen molar-refractivity contribution in [2.24, 2.45) is 0 Å². The Kier molecular flexibility index (Phi) is 2.94. The zero-order valence-corrected chi connectivity index (χ0v) is 12.2. The van der Waals surface area contributed by atoms with Crippen LogP contribution in [0.25, 0.3) is 16.8 Å². The normalized spacial score (nSPS) is 11.3. The molecule has 4 aromatic rings. The summed E-state index contributed by atoms with van der Waals surface area (Å²) in [5, 5.41) is 0.195. The third kappa shape index (κ3) is 1.98. The predicted octanol–water partition coefficient (Wildman–Crippen LogP) is 2.75. The number of nitrogens with zero attached hydrogens (tertiary/aromatic N) is 4. The first-order chi connectivity index (χ1) is 10.7. The van der Waals surface area contributed by atoms with Crippen LogP contribution in [0.5, 0.6) is 0 Å². The first-order valence-corrected chi connectivity index (χ1v) is 7.17. The third-order valence-corrected chi connectivity index (χ3v) is 3.78. The summed E-state index contributed by atoms with van der Waals surface area (Å²) in [5.41, 5.74) is 2.59. The summed E-state index contributed by atoms with van der Waals surface area (Å²) in [6.07, 6.45) is 3.53. The molecule has 22 heavy (non-hydrogen) atoms. The van der Waals surface area contributed by atoms with Crippen LogP contribution in [0.2, 0.25) is 5.15 Å². The van der Waals surface area contributed by atoms with E-state index in [2.05, 4.69) is 9.97 Å². The van der Waals surface area contributed by atoms with E-state index in [1.54, 1.807) is 16.8 Å². The average Bonchev–Trinajstić information content (AvgIpc) is 2.83. The molecule has 4 rings (SSSR count). The van der Waals surface area contributed by atoms with Gasteiger partial charge in [0.15, 0.2) is 0 Å². The Balaban J connectivity index is 2.08. The standard InChI is InChI=1S/C16H11ClN4O/c17-14-8-15(22)21-13-6-2-1-5-12(13)20(16(21)19-14)10-11-4-3-7-18-9-11/h1-9H,10H2. The van der Waals surface area contributed by atoms with Crippen LogP contribution in [-0.4, -0.2) is 18.9 Å². The molecular formula is C16H11ClN4O. The van der Waals surface area contributed by atoms with Crippen LogP contribution >= 0.6 is 11.6 Å². The van der Waals surface area contributed by atoms with Crippen molar-refractivity contribution in [3.05, 3.63) is 75.9 Å². The zero-order valence-electron chi connectivity index (χ0n) is 11.5. The van der Waals surface area contributed by atoms with Gasteiger partial charge in [-0.05, 0) is 23.8 Å². The fraction of sp³-hybridized carbons (Fsp3) is 0.0625. The first-order valence-electron chi connectivity index (χ1n) is 6.79. The smallest absolute Gasteiger partial charge is 0.261 e. The number of hydrogen-bond acceptors (Lipinski definition) is 3. The van der Waals surface area contributed by atoms with Crippen LogP contribution in [0.1, 0.15) is 5.56 Å². The highest BCUT2D eigenvalue weighted by Gasteiger charge is 2.14. The number of aromatic nitrogens is 4. The van der Waals surface area contributed by atoms with Gasteiger partial charge >= 0.3 is 0 Å². The minimum atomic E-state index is -0.184. The van der Waals surface area contributed by atoms with Crippen molar-refractivity contribution in [1.29, 1.82) is 0 Å². The Labute approximate surface area is 130 Å². The topological polar surface area (TPSA) is 52.2 Å². The molecule has 0 saturated carbocycles. The zero-order chi connectivity index (χ0) is 15.1. The maximum atomic E-state index is 12.3. The van der Waals surface area contributed by atoms with Crippen molar-refractivity contribution in [1.82, 2.24) is 18.9 Å². The number of para-hydroxylation sites is 2. The first kappa shape index (κ1) is 13.0. The van der Waals surface area contributed by atoms with Crippen molar-refractivity contribution in [2.45, 2.75) is 6.54 Å². The molecule has 0 aliphatic carbocycles. The third-order valence-electron chi connectivity index (χ3n) is 3.59. The molecule has 0 N–H and O–H groups in total. The van der Waals surface area contributed by atoms with Crippen LogP contribution in [-0.2, 0) is 6.54 Å². The summed E-state index contributed by atoms with van der Waals surface area (Å²) in [6, 6.07) is 12.9. The van der Waals surface area contributed by atoms with Gasteiger partial charge in [0.2, 0.25) is 5.78 Å². The van der Waals surface area contributed by atoms with E-state index in [-0.39, 0.29) is 10.7 Å². The van der Waals surface area contributed by atoms with Crippen molar-refractivity contribution in [3.63, 3.8) is 0 Å². The van der Waals surface area contributed by atoms with Crippen LogP contribution in [0, 0.1) is 0 Å². The van der Waals surface area contributed by atoms with Gasteiger partial charge in [-0.1, -0.05) is 29.8 Å². The molecule has 0 atom stereocenters. The summed E-state index contributed by atoms with van der Waals surface area (Å²) in [5.74, 6) is 0.530. The summed E-state index contributed by atoms with van der Waals surface area (Å²) in [6.45, 7) is 0.567. The second kappa shape index (κ2) is 4.96. The summed E-state index contributed by atoms with van der Waals surface area (Å²) >= 11 is 5.98. The van der Waals surface area contributed by atoms with E-state index in [0.29, 0.717) is 12.3 Å². The van der Waals surface area contributed by atoms with E-state index >= 15 is 0 Å². The van der Waals surface area contributed by atoms with E-state index < -0.39 is 0 Å². The molecule has 6 heteroatoms. The van der Waals surface area contributed by atoms with E-state index in [1.807, 2.05) is 41.0 Å². The van der Waals surface area contributed by atoms with Gasteiger partial charge in [0, 0.05) is 18.5 Å². The highest BCUT2D eigenvalue weighted by Crippen LogP contribution is 2.20. The van der Waals surface area contributed by atoms with Gasteiger partial charge in [-0.15, -0.1) is 0 Å². The van der Waals surface area contributed by atoms with Gasteiger partial charge in [-0.2, -0.15) is 0 Å². The van der Waals surface area contributed by atoms with Crippen molar-refractivity contribution < 1.29 is 0 Å². The lowest BCUT2D eigenvalue weighted by atomic mass is 10.2. The molecule has 0 fully saturated rings. The lowest BCUT2D eigenvalue weighted by Gasteiger charge is -2.05. The quantitative estimate of drug-likeness (QED) is 0.535. The molecule has 108 valence electrons. The molecule has 0 radical (unpaired) electrons. The van der Waals surface area contributed by atoms with Crippen LogP contribution in [0.15, 0.2) is 59.7 Å². The van der Waals surface area contributed by atoms with Gasteiger partial charge in [0.25, 0.3) is 5.56 Å². The van der Waals surface area contributed by atoms with Gasteiger partial charge in [-0.3, -0.25) is 9.78 Å². The lowest BCUT2D eigenvalue weighted by Crippen LogP contribution is -2.13. The molecule has 0 saturated heterocycles. The molecule has 0 amide bonds. The summed E-state index contributed by atoms with van der Waals surface area (Å²) < 4.78 is 3.55. The SMILES string of the molecule is O=c1cc(Cl)nc2n(Cc3cccnc3)c3ccccc3n12. The van der Waals surface area contributed by atoms with E-state index in [1.165, 1.54) is 6.07 Å². The van der Waals surface area contributed by atoms with Crippen molar-refractivity contribution in [2.75, 3.05) is 0 Å². The summed E-state index contributed by atoms with van der Waals surface area (Å²) in [7, 11) is 0. The molecular weight excluding hydrogens is 300 g/mol. The van der Waals surface area contributed by atoms with E-state index in [9.17, 15) is 4.79 Å².